The molecule has 2 heterocycles. The van der Waals surface area contributed by atoms with E-state index in [0.29, 0.717) is 5.69 Å². The van der Waals surface area contributed by atoms with Gasteiger partial charge in [-0.3, -0.25) is 4.68 Å². The van der Waals surface area contributed by atoms with E-state index in [2.05, 4.69) is 28.8 Å². The molecule has 0 unspecified atom stereocenters. The second kappa shape index (κ2) is 3.94. The van der Waals surface area contributed by atoms with Crippen molar-refractivity contribution >= 4 is 22.8 Å². The average molecular weight is 222 g/mol. The highest BCUT2D eigenvalue weighted by molar-refractivity contribution is 7.10. The number of nitrogens with one attached hydrogen (secondary N) is 1. The topological polar surface area (TPSA) is 55.9 Å². The smallest absolute Gasteiger partial charge is 0.171 e. The molecule has 0 saturated carbocycles. The predicted molar refractivity (Wildman–Crippen MR) is 64.0 cm³/mol. The maximum Gasteiger partial charge on any atom is 0.171 e. The molecule has 80 valence electrons. The Morgan fingerprint density at radius 2 is 2.40 bits per heavy atom. The maximum absolute atomic E-state index is 5.78. The Bertz CT molecular complexity index is 458. The zero-order chi connectivity index (χ0) is 10.8. The molecule has 0 aliphatic rings. The molecule has 15 heavy (non-hydrogen) atoms. The molecule has 2 aromatic heterocycles. The number of nitrogen functional groups attached to an aromatic ring is 1. The molecule has 3 N–H and O–H groups in total. The van der Waals surface area contributed by atoms with E-state index in [9.17, 15) is 0 Å². The predicted octanol–water partition coefficient (Wildman–Crippen LogP) is 1.98. The minimum atomic E-state index is 0.687. The maximum atomic E-state index is 5.78. The molecule has 0 radical (unpaired) electrons. The normalized spacial score (nSPS) is 10.5. The number of nitrogens with zero attached hydrogens (tertiary/aromatic N) is 2. The molecule has 0 aromatic carbocycles. The summed E-state index contributed by atoms with van der Waals surface area (Å²) in [6, 6.07) is 2.11. The van der Waals surface area contributed by atoms with Crippen LogP contribution in [-0.2, 0) is 13.6 Å². The zero-order valence-electron chi connectivity index (χ0n) is 8.82. The number of aryl methyl sites for hydroxylation is 2. The average Bonchev–Trinajstić information content (AvgIpc) is 2.70. The van der Waals surface area contributed by atoms with E-state index in [4.69, 9.17) is 5.73 Å². The van der Waals surface area contributed by atoms with E-state index in [1.54, 1.807) is 22.2 Å². The quantitative estimate of drug-likeness (QED) is 0.835. The van der Waals surface area contributed by atoms with Crippen molar-refractivity contribution in [3.05, 3.63) is 28.1 Å². The van der Waals surface area contributed by atoms with Crippen molar-refractivity contribution in [1.82, 2.24) is 9.78 Å². The highest BCUT2D eigenvalue weighted by Gasteiger charge is 2.04. The monoisotopic (exact) mass is 222 g/mol. The van der Waals surface area contributed by atoms with Crippen LogP contribution in [0.5, 0.6) is 0 Å². The third-order valence-corrected chi connectivity index (χ3v) is 3.26. The number of anilines is 2. The SMILES string of the molecule is Cc1ccsc1CNc1nn(C)cc1N. The number of nitrogens with two attached hydrogens (primary N) is 1. The minimum Gasteiger partial charge on any atom is -0.394 e. The first-order valence-corrected chi connectivity index (χ1v) is 5.60. The fraction of sp³-hybridized carbons (Fsp3) is 0.300. The first kappa shape index (κ1) is 10.0. The molecule has 2 aromatic rings. The van der Waals surface area contributed by atoms with Crippen LogP contribution in [0.3, 0.4) is 0 Å². The fourth-order valence-corrected chi connectivity index (χ4v) is 2.24. The summed E-state index contributed by atoms with van der Waals surface area (Å²) in [7, 11) is 1.86. The number of thiophene rings is 1. The Morgan fingerprint density at radius 3 is 2.93 bits per heavy atom. The molecule has 4 nitrogen and oxygen atoms in total. The van der Waals surface area contributed by atoms with Gasteiger partial charge in [-0.25, -0.2) is 0 Å². The Kier molecular flexibility index (Phi) is 2.64. The molecule has 2 rings (SSSR count). The lowest BCUT2D eigenvalue weighted by molar-refractivity contribution is 0.768. The molecule has 0 fully saturated rings. The van der Waals surface area contributed by atoms with Gasteiger partial charge in [-0.2, -0.15) is 5.10 Å². The lowest BCUT2D eigenvalue weighted by Crippen LogP contribution is -2.02. The van der Waals surface area contributed by atoms with Gasteiger partial charge in [0, 0.05) is 18.1 Å². The Balaban J connectivity index is 2.05. The summed E-state index contributed by atoms with van der Waals surface area (Å²) in [5.74, 6) is 0.755. The Hall–Kier alpha value is -1.49. The largest absolute Gasteiger partial charge is 0.394 e. The highest BCUT2D eigenvalue weighted by atomic mass is 32.1. The second-order valence-electron chi connectivity index (χ2n) is 3.49. The summed E-state index contributed by atoms with van der Waals surface area (Å²) < 4.78 is 1.71. The number of hydrogen-bond acceptors (Lipinski definition) is 4. The molecule has 0 saturated heterocycles. The van der Waals surface area contributed by atoms with E-state index in [1.165, 1.54) is 10.4 Å². The minimum absolute atomic E-state index is 0.687. The summed E-state index contributed by atoms with van der Waals surface area (Å²) >= 11 is 1.74. The Labute approximate surface area is 92.7 Å². The van der Waals surface area contributed by atoms with Crippen LogP contribution in [0, 0.1) is 6.92 Å². The van der Waals surface area contributed by atoms with Crippen molar-refractivity contribution in [2.45, 2.75) is 13.5 Å². The van der Waals surface area contributed by atoms with Gasteiger partial charge in [0.25, 0.3) is 0 Å². The van der Waals surface area contributed by atoms with Crippen molar-refractivity contribution in [2.75, 3.05) is 11.1 Å². The summed E-state index contributed by atoms with van der Waals surface area (Å²) in [6.45, 7) is 2.89. The van der Waals surface area contributed by atoms with Crippen molar-refractivity contribution in [1.29, 1.82) is 0 Å². The van der Waals surface area contributed by atoms with E-state index in [0.717, 1.165) is 12.4 Å². The molecule has 0 aliphatic carbocycles. The molecular weight excluding hydrogens is 208 g/mol. The number of hydrogen-bond donors (Lipinski definition) is 2. The lowest BCUT2D eigenvalue weighted by atomic mass is 10.3. The molecule has 5 heteroatoms. The molecule has 0 bridgehead atoms. The molecule has 0 spiro atoms. The van der Waals surface area contributed by atoms with Gasteiger partial charge >= 0.3 is 0 Å². The second-order valence-corrected chi connectivity index (χ2v) is 4.49. The molecule has 0 atom stereocenters. The van der Waals surface area contributed by atoms with Crippen LogP contribution in [-0.4, -0.2) is 9.78 Å². The zero-order valence-corrected chi connectivity index (χ0v) is 9.64. The van der Waals surface area contributed by atoms with Crippen LogP contribution >= 0.6 is 11.3 Å². The summed E-state index contributed by atoms with van der Waals surface area (Å²) in [5, 5.41) is 9.55. The lowest BCUT2D eigenvalue weighted by Gasteiger charge is -2.02. The van der Waals surface area contributed by atoms with Gasteiger partial charge in [0.05, 0.1) is 12.2 Å². The van der Waals surface area contributed by atoms with Gasteiger partial charge in [-0.05, 0) is 23.9 Å². The third-order valence-electron chi connectivity index (χ3n) is 2.24. The number of aromatic nitrogens is 2. The summed E-state index contributed by atoms with van der Waals surface area (Å²) in [6.07, 6.45) is 1.80. The molecular formula is C10H14N4S. The van der Waals surface area contributed by atoms with Gasteiger partial charge in [0.2, 0.25) is 0 Å². The van der Waals surface area contributed by atoms with Gasteiger partial charge in [0.15, 0.2) is 5.82 Å². The molecule has 0 aliphatic heterocycles. The van der Waals surface area contributed by atoms with Crippen LogP contribution in [0.2, 0.25) is 0 Å². The van der Waals surface area contributed by atoms with E-state index < -0.39 is 0 Å². The van der Waals surface area contributed by atoms with Crippen LogP contribution in [0.1, 0.15) is 10.4 Å². The van der Waals surface area contributed by atoms with Gasteiger partial charge in [0.1, 0.15) is 0 Å². The first-order valence-electron chi connectivity index (χ1n) is 4.73. The van der Waals surface area contributed by atoms with E-state index >= 15 is 0 Å². The van der Waals surface area contributed by atoms with Gasteiger partial charge in [-0.1, -0.05) is 0 Å². The van der Waals surface area contributed by atoms with E-state index in [-0.39, 0.29) is 0 Å². The van der Waals surface area contributed by atoms with Crippen LogP contribution in [0.4, 0.5) is 11.5 Å². The van der Waals surface area contributed by atoms with Gasteiger partial charge < -0.3 is 11.1 Å². The Morgan fingerprint density at radius 1 is 1.60 bits per heavy atom. The van der Waals surface area contributed by atoms with Crippen molar-refractivity contribution in [3.63, 3.8) is 0 Å². The van der Waals surface area contributed by atoms with Crippen LogP contribution in [0.15, 0.2) is 17.6 Å². The third kappa shape index (κ3) is 2.12. The van der Waals surface area contributed by atoms with Gasteiger partial charge in [-0.15, -0.1) is 11.3 Å². The highest BCUT2D eigenvalue weighted by Crippen LogP contribution is 2.19. The fourth-order valence-electron chi connectivity index (χ4n) is 1.39. The standard InChI is InChI=1S/C10H14N4S/c1-7-3-4-15-9(7)5-12-10-8(11)6-14(2)13-10/h3-4,6H,5,11H2,1-2H3,(H,12,13). The van der Waals surface area contributed by atoms with Crippen molar-refractivity contribution in [3.8, 4) is 0 Å². The number of rotatable bonds is 3. The molecule has 0 amide bonds. The van der Waals surface area contributed by atoms with Crippen molar-refractivity contribution in [2.24, 2.45) is 7.05 Å². The van der Waals surface area contributed by atoms with Crippen LogP contribution < -0.4 is 11.1 Å². The summed E-state index contributed by atoms with van der Waals surface area (Å²) in [5.41, 5.74) is 7.77. The van der Waals surface area contributed by atoms with Crippen molar-refractivity contribution < 1.29 is 0 Å². The summed E-state index contributed by atoms with van der Waals surface area (Å²) in [4.78, 5) is 1.32. The van der Waals surface area contributed by atoms with E-state index in [1.807, 2.05) is 7.05 Å². The van der Waals surface area contributed by atoms with Crippen LogP contribution in [0.25, 0.3) is 0 Å². The first-order chi connectivity index (χ1) is 7.16.